The molecule has 3 fully saturated rings. The molecule has 0 aromatic heterocycles. The van der Waals surface area contributed by atoms with Crippen molar-refractivity contribution in [2.24, 2.45) is 4.99 Å². The zero-order valence-corrected chi connectivity index (χ0v) is 18.7. The SMILES string of the molecule is O=C1N(C2CCCCC2)C(=O)C2(CC(c3ccccc3O)=NCCO2)N1C1CCCCC1. The molecule has 2 aliphatic heterocycles. The van der Waals surface area contributed by atoms with Crippen LogP contribution in [-0.2, 0) is 9.53 Å². The lowest BCUT2D eigenvalue weighted by Gasteiger charge is -2.40. The molecule has 2 heterocycles. The number of hydrogen-bond acceptors (Lipinski definition) is 5. The van der Waals surface area contributed by atoms with Gasteiger partial charge in [-0.2, -0.15) is 0 Å². The normalized spacial score (nSPS) is 28.3. The van der Waals surface area contributed by atoms with Crippen LogP contribution in [0, 0.1) is 0 Å². The van der Waals surface area contributed by atoms with Gasteiger partial charge in [-0.25, -0.2) is 4.79 Å². The second-order valence-electron chi connectivity index (χ2n) is 9.57. The van der Waals surface area contributed by atoms with Crippen LogP contribution in [0.3, 0.4) is 0 Å². The number of imide groups is 1. The van der Waals surface area contributed by atoms with E-state index < -0.39 is 5.72 Å². The number of amides is 3. The van der Waals surface area contributed by atoms with Crippen LogP contribution in [-0.4, -0.2) is 63.5 Å². The standard InChI is InChI=1S/C25H33N3O4/c29-22-14-8-7-13-20(22)21-17-25(32-16-15-26-21)23(30)27(18-9-3-1-4-10-18)24(31)28(25)19-11-5-2-6-12-19/h7-8,13-14,18-19,29H,1-6,9-12,15-17H2. The number of hydrogen-bond donors (Lipinski definition) is 1. The zero-order chi connectivity index (χ0) is 22.1. The van der Waals surface area contributed by atoms with Gasteiger partial charge in [0.1, 0.15) is 5.75 Å². The molecule has 0 bridgehead atoms. The van der Waals surface area contributed by atoms with Gasteiger partial charge in [-0.1, -0.05) is 50.7 Å². The number of rotatable bonds is 3. The van der Waals surface area contributed by atoms with Gasteiger partial charge in [-0.05, 0) is 37.8 Å². The second-order valence-corrected chi connectivity index (χ2v) is 9.57. The van der Waals surface area contributed by atoms with Crippen LogP contribution < -0.4 is 0 Å². The van der Waals surface area contributed by atoms with Crippen molar-refractivity contribution in [3.05, 3.63) is 29.8 Å². The number of aromatic hydroxyl groups is 1. The van der Waals surface area contributed by atoms with Crippen molar-refractivity contribution < 1.29 is 19.4 Å². The fourth-order valence-electron chi connectivity index (χ4n) is 6.02. The minimum Gasteiger partial charge on any atom is -0.507 e. The highest BCUT2D eigenvalue weighted by molar-refractivity contribution is 6.12. The van der Waals surface area contributed by atoms with Gasteiger partial charge in [0, 0.05) is 24.1 Å². The minimum absolute atomic E-state index is 0.00230. The third-order valence-corrected chi connectivity index (χ3v) is 7.59. The Morgan fingerprint density at radius 3 is 2.28 bits per heavy atom. The molecule has 2 aliphatic carbocycles. The maximum atomic E-state index is 14.1. The van der Waals surface area contributed by atoms with E-state index in [4.69, 9.17) is 4.74 Å². The monoisotopic (exact) mass is 439 g/mol. The fraction of sp³-hybridized carbons (Fsp3) is 0.640. The molecule has 1 saturated heterocycles. The highest BCUT2D eigenvalue weighted by Gasteiger charge is 2.62. The molecule has 3 amide bonds. The van der Waals surface area contributed by atoms with E-state index in [0.717, 1.165) is 64.2 Å². The first-order valence-corrected chi connectivity index (χ1v) is 12.2. The van der Waals surface area contributed by atoms with E-state index in [1.165, 1.54) is 4.90 Å². The van der Waals surface area contributed by atoms with Crippen molar-refractivity contribution in [2.45, 2.75) is 88.4 Å². The number of carbonyl (C=O) groups is 2. The Morgan fingerprint density at radius 1 is 0.938 bits per heavy atom. The number of nitrogens with zero attached hydrogens (tertiary/aromatic N) is 3. The van der Waals surface area contributed by atoms with Crippen molar-refractivity contribution in [1.82, 2.24) is 9.80 Å². The number of aliphatic imine (C=N–C) groups is 1. The molecule has 32 heavy (non-hydrogen) atoms. The van der Waals surface area contributed by atoms with Crippen molar-refractivity contribution in [3.63, 3.8) is 0 Å². The summed E-state index contributed by atoms with van der Waals surface area (Å²) in [6.07, 6.45) is 10.2. The van der Waals surface area contributed by atoms with Crippen LogP contribution in [0.5, 0.6) is 5.75 Å². The van der Waals surface area contributed by atoms with E-state index in [1.54, 1.807) is 17.0 Å². The summed E-state index contributed by atoms with van der Waals surface area (Å²) in [5.74, 6) is -0.0987. The number of phenolic OH excluding ortho intramolecular Hbond substituents is 1. The Bertz CT molecular complexity index is 904. The van der Waals surface area contributed by atoms with E-state index in [0.29, 0.717) is 17.8 Å². The smallest absolute Gasteiger partial charge is 0.330 e. The van der Waals surface area contributed by atoms with Crippen LogP contribution in [0.15, 0.2) is 29.3 Å². The van der Waals surface area contributed by atoms with Gasteiger partial charge in [-0.15, -0.1) is 0 Å². The van der Waals surface area contributed by atoms with E-state index in [1.807, 2.05) is 12.1 Å². The van der Waals surface area contributed by atoms with E-state index >= 15 is 0 Å². The molecular weight excluding hydrogens is 406 g/mol. The highest BCUT2D eigenvalue weighted by Crippen LogP contribution is 2.43. The summed E-state index contributed by atoms with van der Waals surface area (Å²) in [7, 11) is 0. The lowest BCUT2D eigenvalue weighted by Crippen LogP contribution is -2.57. The average molecular weight is 440 g/mol. The number of para-hydroxylation sites is 1. The van der Waals surface area contributed by atoms with Gasteiger partial charge in [0.05, 0.1) is 18.9 Å². The number of ether oxygens (including phenoxy) is 1. The van der Waals surface area contributed by atoms with Crippen LogP contribution >= 0.6 is 0 Å². The van der Waals surface area contributed by atoms with Crippen LogP contribution in [0.25, 0.3) is 0 Å². The number of carbonyl (C=O) groups excluding carboxylic acids is 2. The molecule has 5 rings (SSSR count). The molecule has 1 unspecified atom stereocenters. The maximum absolute atomic E-state index is 14.1. The predicted molar refractivity (Wildman–Crippen MR) is 121 cm³/mol. The van der Waals surface area contributed by atoms with Crippen LogP contribution in [0.4, 0.5) is 4.79 Å². The Balaban J connectivity index is 1.56. The average Bonchev–Trinajstić information content (AvgIpc) is 2.95. The lowest BCUT2D eigenvalue weighted by molar-refractivity contribution is -0.168. The molecule has 0 radical (unpaired) electrons. The topological polar surface area (TPSA) is 82.4 Å². The first-order chi connectivity index (χ1) is 15.6. The van der Waals surface area contributed by atoms with Crippen molar-refractivity contribution in [2.75, 3.05) is 13.2 Å². The Kier molecular flexibility index (Phi) is 5.93. The summed E-state index contributed by atoms with van der Waals surface area (Å²) in [6, 6.07) is 6.83. The van der Waals surface area contributed by atoms with Gasteiger partial charge in [0.15, 0.2) is 0 Å². The molecule has 172 valence electrons. The first-order valence-electron chi connectivity index (χ1n) is 12.2. The zero-order valence-electron chi connectivity index (χ0n) is 18.7. The third-order valence-electron chi connectivity index (χ3n) is 7.59. The van der Waals surface area contributed by atoms with Crippen molar-refractivity contribution in [1.29, 1.82) is 0 Å². The van der Waals surface area contributed by atoms with Gasteiger partial charge < -0.3 is 9.84 Å². The molecule has 4 aliphatic rings. The molecule has 7 heteroatoms. The Morgan fingerprint density at radius 2 is 1.59 bits per heavy atom. The summed E-state index contributed by atoms with van der Waals surface area (Å²) < 4.78 is 6.33. The fourth-order valence-corrected chi connectivity index (χ4v) is 6.02. The summed E-state index contributed by atoms with van der Waals surface area (Å²) in [6.45, 7) is 0.673. The molecule has 1 N–H and O–H groups in total. The second kappa shape index (κ2) is 8.85. The molecular formula is C25H33N3O4. The Hall–Kier alpha value is -2.41. The molecule has 1 spiro atoms. The van der Waals surface area contributed by atoms with Crippen molar-refractivity contribution >= 4 is 17.6 Å². The molecule has 2 saturated carbocycles. The third kappa shape index (κ3) is 3.60. The molecule has 1 aromatic carbocycles. The predicted octanol–water partition coefficient (Wildman–Crippen LogP) is 4.23. The summed E-state index contributed by atoms with van der Waals surface area (Å²) in [5, 5.41) is 10.5. The first kappa shape index (κ1) is 21.4. The van der Waals surface area contributed by atoms with Crippen LogP contribution in [0.2, 0.25) is 0 Å². The molecule has 1 atom stereocenters. The summed E-state index contributed by atoms with van der Waals surface area (Å²) >= 11 is 0. The van der Waals surface area contributed by atoms with Crippen LogP contribution in [0.1, 0.15) is 76.2 Å². The quantitative estimate of drug-likeness (QED) is 0.715. The van der Waals surface area contributed by atoms with E-state index in [-0.39, 0.29) is 42.8 Å². The largest absolute Gasteiger partial charge is 0.507 e. The number of phenols is 1. The van der Waals surface area contributed by atoms with E-state index in [9.17, 15) is 14.7 Å². The van der Waals surface area contributed by atoms with E-state index in [2.05, 4.69) is 4.99 Å². The van der Waals surface area contributed by atoms with Gasteiger partial charge in [0.25, 0.3) is 5.91 Å². The molecule has 7 nitrogen and oxygen atoms in total. The van der Waals surface area contributed by atoms with Crippen molar-refractivity contribution in [3.8, 4) is 5.75 Å². The molecule has 1 aromatic rings. The Labute approximate surface area is 189 Å². The van der Waals surface area contributed by atoms with Gasteiger partial charge in [-0.3, -0.25) is 19.6 Å². The lowest BCUT2D eigenvalue weighted by atomic mass is 9.90. The van der Waals surface area contributed by atoms with Gasteiger partial charge >= 0.3 is 6.03 Å². The van der Waals surface area contributed by atoms with Gasteiger partial charge in [0.2, 0.25) is 5.72 Å². The maximum Gasteiger partial charge on any atom is 0.330 e. The summed E-state index contributed by atoms with van der Waals surface area (Å²) in [5.41, 5.74) is -0.126. The minimum atomic E-state index is -1.37. The highest BCUT2D eigenvalue weighted by atomic mass is 16.5. The number of urea groups is 1. The number of benzene rings is 1. The summed E-state index contributed by atoms with van der Waals surface area (Å²) in [4.78, 5) is 35.9.